The van der Waals surface area contributed by atoms with Crippen LogP contribution < -0.4 is 11.1 Å². The average Bonchev–Trinajstić information content (AvgIpc) is 3.32. The standard InChI is InChI=1S/C22H24N6O2S2/c1-11-3-5-13-15(9-11)31-19-17(13)21(29)27(25-23-19)7-8-28-22(30)18-14-6-4-12(2)10-16(14)32-20(18)24-26-28/h11-12H,3-10H2,1-2H3/t11-,12-/m1/s1. The molecule has 0 amide bonds. The fraction of sp³-hybridized carbons (Fsp3) is 0.545. The van der Waals surface area contributed by atoms with Gasteiger partial charge < -0.3 is 0 Å². The predicted molar refractivity (Wildman–Crippen MR) is 126 cm³/mol. The van der Waals surface area contributed by atoms with E-state index >= 15 is 0 Å². The Morgan fingerprint density at radius 2 is 1.22 bits per heavy atom. The SMILES string of the molecule is C[C@@H]1CCc2c(sc3nnn(CCn4nnc5sc6c(c5c4=O)CC[C@@H](C)C6)c(=O)c23)C1. The van der Waals surface area contributed by atoms with Gasteiger partial charge in [0.15, 0.2) is 9.66 Å². The third-order valence-corrected chi connectivity index (χ3v) is 9.17. The molecule has 2 atom stereocenters. The number of hydrogen-bond acceptors (Lipinski definition) is 8. The highest BCUT2D eigenvalue weighted by molar-refractivity contribution is 7.19. The van der Waals surface area contributed by atoms with Gasteiger partial charge in [0.05, 0.1) is 23.9 Å². The maximum absolute atomic E-state index is 13.2. The monoisotopic (exact) mass is 468 g/mol. The molecule has 0 fully saturated rings. The van der Waals surface area contributed by atoms with Crippen molar-refractivity contribution in [1.29, 1.82) is 0 Å². The van der Waals surface area contributed by atoms with Gasteiger partial charge in [-0.3, -0.25) is 9.59 Å². The van der Waals surface area contributed by atoms with Gasteiger partial charge in [-0.05, 0) is 61.5 Å². The van der Waals surface area contributed by atoms with Gasteiger partial charge in [0.25, 0.3) is 11.1 Å². The number of aromatic nitrogens is 6. The van der Waals surface area contributed by atoms with Crippen LogP contribution in [0.2, 0.25) is 0 Å². The van der Waals surface area contributed by atoms with E-state index in [2.05, 4.69) is 34.5 Å². The summed E-state index contributed by atoms with van der Waals surface area (Å²) in [5, 5.41) is 18.4. The first kappa shape index (κ1) is 20.2. The Kier molecular flexibility index (Phi) is 4.76. The number of nitrogens with zero attached hydrogens (tertiary/aromatic N) is 6. The summed E-state index contributed by atoms with van der Waals surface area (Å²) in [5.74, 6) is 1.27. The lowest BCUT2D eigenvalue weighted by Gasteiger charge is -2.17. The van der Waals surface area contributed by atoms with Crippen molar-refractivity contribution in [1.82, 2.24) is 30.0 Å². The third-order valence-electron chi connectivity index (χ3n) is 6.89. The number of rotatable bonds is 3. The third kappa shape index (κ3) is 3.14. The molecule has 166 valence electrons. The van der Waals surface area contributed by atoms with E-state index in [4.69, 9.17) is 0 Å². The minimum atomic E-state index is -0.119. The summed E-state index contributed by atoms with van der Waals surface area (Å²) in [5.41, 5.74) is 2.06. The first-order valence-corrected chi connectivity index (χ1v) is 12.9. The van der Waals surface area contributed by atoms with Crippen molar-refractivity contribution in [3.8, 4) is 0 Å². The van der Waals surface area contributed by atoms with Crippen LogP contribution in [0.1, 0.15) is 47.6 Å². The van der Waals surface area contributed by atoms with Crippen LogP contribution in [0.5, 0.6) is 0 Å². The van der Waals surface area contributed by atoms with E-state index in [-0.39, 0.29) is 24.2 Å². The second-order valence-corrected chi connectivity index (χ2v) is 11.5. The zero-order valence-corrected chi connectivity index (χ0v) is 19.8. The van der Waals surface area contributed by atoms with E-state index < -0.39 is 0 Å². The smallest absolute Gasteiger partial charge is 0.267 e. The summed E-state index contributed by atoms with van der Waals surface area (Å²) in [6, 6.07) is 0. The van der Waals surface area contributed by atoms with E-state index in [1.165, 1.54) is 19.1 Å². The van der Waals surface area contributed by atoms with E-state index in [9.17, 15) is 9.59 Å². The van der Waals surface area contributed by atoms with Gasteiger partial charge in [-0.2, -0.15) is 0 Å². The molecule has 0 bridgehead atoms. The number of fused-ring (bicyclic) bond motifs is 6. The molecule has 0 saturated heterocycles. The molecule has 4 aromatic rings. The minimum absolute atomic E-state index is 0.119. The average molecular weight is 469 g/mol. The first-order chi connectivity index (χ1) is 15.5. The second-order valence-electron chi connectivity index (χ2n) is 9.30. The van der Waals surface area contributed by atoms with Crippen LogP contribution in [-0.2, 0) is 38.8 Å². The molecule has 2 aliphatic rings. The topological polar surface area (TPSA) is 95.6 Å². The van der Waals surface area contributed by atoms with Crippen LogP contribution in [0.25, 0.3) is 20.4 Å². The fourth-order valence-corrected chi connectivity index (χ4v) is 7.70. The van der Waals surface area contributed by atoms with Crippen molar-refractivity contribution in [2.24, 2.45) is 11.8 Å². The van der Waals surface area contributed by atoms with E-state index in [0.29, 0.717) is 22.6 Å². The van der Waals surface area contributed by atoms with Gasteiger partial charge in [-0.25, -0.2) is 9.36 Å². The van der Waals surface area contributed by atoms with E-state index in [1.807, 2.05) is 0 Å². The summed E-state index contributed by atoms with van der Waals surface area (Å²) in [6.45, 7) is 4.98. The molecule has 0 aliphatic heterocycles. The van der Waals surface area contributed by atoms with E-state index in [1.54, 1.807) is 22.7 Å². The Morgan fingerprint density at radius 1 is 0.781 bits per heavy atom. The molecule has 0 aromatic carbocycles. The lowest BCUT2D eigenvalue weighted by atomic mass is 9.89. The van der Waals surface area contributed by atoms with Crippen molar-refractivity contribution in [2.45, 2.75) is 65.5 Å². The van der Waals surface area contributed by atoms with Gasteiger partial charge in [-0.1, -0.05) is 24.3 Å². The second kappa shape index (κ2) is 7.55. The van der Waals surface area contributed by atoms with E-state index in [0.717, 1.165) is 59.3 Å². The lowest BCUT2D eigenvalue weighted by molar-refractivity contribution is 0.445. The van der Waals surface area contributed by atoms with Gasteiger partial charge >= 0.3 is 0 Å². The molecule has 10 heteroatoms. The Morgan fingerprint density at radius 3 is 1.66 bits per heavy atom. The quantitative estimate of drug-likeness (QED) is 0.459. The molecule has 6 rings (SSSR count). The van der Waals surface area contributed by atoms with Crippen LogP contribution in [0, 0.1) is 11.8 Å². The Bertz CT molecular complexity index is 1370. The molecular weight excluding hydrogens is 444 g/mol. The zero-order valence-electron chi connectivity index (χ0n) is 18.1. The molecule has 32 heavy (non-hydrogen) atoms. The molecule has 2 aliphatic carbocycles. The molecule has 0 spiro atoms. The molecule has 0 radical (unpaired) electrons. The van der Waals surface area contributed by atoms with Crippen LogP contribution in [0.15, 0.2) is 9.59 Å². The number of thiophene rings is 2. The van der Waals surface area contributed by atoms with Gasteiger partial charge in [0.1, 0.15) is 0 Å². The summed E-state index contributed by atoms with van der Waals surface area (Å²) < 4.78 is 2.74. The van der Waals surface area contributed by atoms with Crippen LogP contribution in [0.4, 0.5) is 0 Å². The maximum atomic E-state index is 13.2. The van der Waals surface area contributed by atoms with Crippen molar-refractivity contribution in [2.75, 3.05) is 0 Å². The van der Waals surface area contributed by atoms with Crippen molar-refractivity contribution < 1.29 is 0 Å². The van der Waals surface area contributed by atoms with Crippen LogP contribution in [0.3, 0.4) is 0 Å². The molecular formula is C22H24N6O2S2. The highest BCUT2D eigenvalue weighted by Crippen LogP contribution is 2.36. The number of aryl methyl sites for hydroxylation is 4. The van der Waals surface area contributed by atoms with Crippen molar-refractivity contribution in [3.63, 3.8) is 0 Å². The number of hydrogen-bond donors (Lipinski definition) is 0. The van der Waals surface area contributed by atoms with Crippen LogP contribution in [-0.4, -0.2) is 30.0 Å². The molecule has 0 N–H and O–H groups in total. The molecule has 8 nitrogen and oxygen atoms in total. The largest absolute Gasteiger partial charge is 0.278 e. The highest BCUT2D eigenvalue weighted by Gasteiger charge is 2.25. The van der Waals surface area contributed by atoms with Gasteiger partial charge in [0.2, 0.25) is 0 Å². The molecule has 0 unspecified atom stereocenters. The molecule has 0 saturated carbocycles. The van der Waals surface area contributed by atoms with Gasteiger partial charge in [0, 0.05) is 9.75 Å². The highest BCUT2D eigenvalue weighted by atomic mass is 32.1. The summed E-state index contributed by atoms with van der Waals surface area (Å²) in [4.78, 5) is 30.4. The minimum Gasteiger partial charge on any atom is -0.267 e. The Balaban J connectivity index is 1.33. The predicted octanol–water partition coefficient (Wildman–Crippen LogP) is 2.97. The fourth-order valence-electron chi connectivity index (χ4n) is 5.07. The molecule has 4 heterocycles. The Hall–Kier alpha value is -2.46. The normalized spacial score (nSPS) is 20.6. The Labute approximate surface area is 191 Å². The molecule has 4 aromatic heterocycles. The maximum Gasteiger partial charge on any atom is 0.278 e. The zero-order chi connectivity index (χ0) is 22.0. The summed E-state index contributed by atoms with van der Waals surface area (Å²) in [6.07, 6.45) is 6.03. The lowest BCUT2D eigenvalue weighted by Crippen LogP contribution is -2.31. The van der Waals surface area contributed by atoms with Gasteiger partial charge in [-0.15, -0.1) is 32.9 Å². The summed E-state index contributed by atoms with van der Waals surface area (Å²) in [7, 11) is 0. The first-order valence-electron chi connectivity index (χ1n) is 11.3. The summed E-state index contributed by atoms with van der Waals surface area (Å²) >= 11 is 3.19. The van der Waals surface area contributed by atoms with Crippen molar-refractivity contribution in [3.05, 3.63) is 41.6 Å². The van der Waals surface area contributed by atoms with Crippen LogP contribution >= 0.6 is 22.7 Å². The van der Waals surface area contributed by atoms with Crippen molar-refractivity contribution >= 4 is 43.1 Å².